The predicted molar refractivity (Wildman–Crippen MR) is 51.6 cm³/mol. The third-order valence-corrected chi connectivity index (χ3v) is 4.38. The molecule has 0 N–H and O–H groups in total. The first-order valence-corrected chi connectivity index (χ1v) is 6.47. The standard InChI is InChI=1S/C7H15O3PS/c1-6-5-7(2,3)10-11(12,8-4)9-6/h6H,5H2,1-4H3/t6-,11+/m0/s1. The van der Waals surface area contributed by atoms with E-state index in [0.717, 1.165) is 6.42 Å². The lowest BCUT2D eigenvalue weighted by atomic mass is 10.0. The monoisotopic (exact) mass is 210 g/mol. The lowest BCUT2D eigenvalue weighted by molar-refractivity contribution is -0.0215. The molecule has 0 saturated carbocycles. The van der Waals surface area contributed by atoms with Crippen molar-refractivity contribution in [3.05, 3.63) is 0 Å². The van der Waals surface area contributed by atoms with Gasteiger partial charge in [0.1, 0.15) is 0 Å². The first kappa shape index (κ1) is 10.6. The van der Waals surface area contributed by atoms with Gasteiger partial charge in [0, 0.05) is 13.5 Å². The van der Waals surface area contributed by atoms with Gasteiger partial charge in [0.25, 0.3) is 0 Å². The van der Waals surface area contributed by atoms with E-state index in [1.165, 1.54) is 7.11 Å². The van der Waals surface area contributed by atoms with Gasteiger partial charge >= 0.3 is 6.72 Å². The van der Waals surface area contributed by atoms with Crippen LogP contribution in [0.2, 0.25) is 0 Å². The van der Waals surface area contributed by atoms with E-state index >= 15 is 0 Å². The summed E-state index contributed by atoms with van der Waals surface area (Å²) < 4.78 is 16.1. The molecule has 3 nitrogen and oxygen atoms in total. The van der Waals surface area contributed by atoms with E-state index in [-0.39, 0.29) is 11.7 Å². The molecule has 1 aliphatic rings. The topological polar surface area (TPSA) is 27.7 Å². The fourth-order valence-corrected chi connectivity index (χ4v) is 3.84. The smallest absolute Gasteiger partial charge is 0.312 e. The number of hydrogen-bond acceptors (Lipinski definition) is 4. The van der Waals surface area contributed by atoms with E-state index in [2.05, 4.69) is 0 Å². The quantitative estimate of drug-likeness (QED) is 0.621. The summed E-state index contributed by atoms with van der Waals surface area (Å²) in [5.41, 5.74) is -0.219. The highest BCUT2D eigenvalue weighted by Gasteiger charge is 2.38. The van der Waals surface area contributed by atoms with Crippen LogP contribution in [0.5, 0.6) is 0 Å². The molecule has 12 heavy (non-hydrogen) atoms. The van der Waals surface area contributed by atoms with Gasteiger partial charge in [-0.3, -0.25) is 0 Å². The summed E-state index contributed by atoms with van der Waals surface area (Å²) in [5.74, 6) is 0. The summed E-state index contributed by atoms with van der Waals surface area (Å²) >= 11 is 5.13. The summed E-state index contributed by atoms with van der Waals surface area (Å²) in [5, 5.41) is 0. The third kappa shape index (κ3) is 2.51. The van der Waals surface area contributed by atoms with Crippen molar-refractivity contribution < 1.29 is 13.6 Å². The Morgan fingerprint density at radius 2 is 2.17 bits per heavy atom. The Labute approximate surface area is 78.6 Å². The molecule has 0 bridgehead atoms. The minimum Gasteiger partial charge on any atom is -0.312 e. The molecular formula is C7H15O3PS. The minimum atomic E-state index is -2.44. The molecule has 1 heterocycles. The van der Waals surface area contributed by atoms with Crippen molar-refractivity contribution >= 4 is 18.5 Å². The maximum Gasteiger partial charge on any atom is 0.327 e. The maximum atomic E-state index is 5.56. The first-order chi connectivity index (χ1) is 5.37. The van der Waals surface area contributed by atoms with Crippen molar-refractivity contribution in [3.8, 4) is 0 Å². The van der Waals surface area contributed by atoms with Crippen LogP contribution in [-0.2, 0) is 25.4 Å². The molecule has 0 aliphatic carbocycles. The molecule has 0 aromatic carbocycles. The highest BCUT2D eigenvalue weighted by molar-refractivity contribution is 8.07. The highest BCUT2D eigenvalue weighted by atomic mass is 32.5. The lowest BCUT2D eigenvalue weighted by Gasteiger charge is -2.39. The van der Waals surface area contributed by atoms with Crippen molar-refractivity contribution in [1.29, 1.82) is 0 Å². The van der Waals surface area contributed by atoms with Crippen molar-refractivity contribution in [2.75, 3.05) is 7.11 Å². The zero-order valence-electron chi connectivity index (χ0n) is 7.86. The molecule has 5 heteroatoms. The van der Waals surface area contributed by atoms with Gasteiger partial charge < -0.3 is 13.6 Å². The van der Waals surface area contributed by atoms with Gasteiger partial charge in [-0.1, -0.05) is 0 Å². The van der Waals surface area contributed by atoms with Gasteiger partial charge in [-0.15, -0.1) is 0 Å². The summed E-state index contributed by atoms with van der Waals surface area (Å²) in [4.78, 5) is 0. The average molecular weight is 210 g/mol. The van der Waals surface area contributed by atoms with Gasteiger partial charge in [-0.25, -0.2) is 0 Å². The second-order valence-corrected chi connectivity index (χ2v) is 6.60. The van der Waals surface area contributed by atoms with Gasteiger partial charge in [0.05, 0.1) is 11.7 Å². The number of hydrogen-bond donors (Lipinski definition) is 0. The lowest BCUT2D eigenvalue weighted by Crippen LogP contribution is -2.34. The summed E-state index contributed by atoms with van der Waals surface area (Å²) in [6.07, 6.45) is 0.980. The first-order valence-electron chi connectivity index (χ1n) is 3.92. The van der Waals surface area contributed by atoms with Crippen molar-refractivity contribution in [1.82, 2.24) is 0 Å². The van der Waals surface area contributed by atoms with E-state index < -0.39 is 6.72 Å². The van der Waals surface area contributed by atoms with E-state index in [1.54, 1.807) is 0 Å². The van der Waals surface area contributed by atoms with Gasteiger partial charge in [0.2, 0.25) is 0 Å². The van der Waals surface area contributed by atoms with E-state index in [0.29, 0.717) is 0 Å². The molecule has 72 valence electrons. The molecule has 0 amide bonds. The fraction of sp³-hybridized carbons (Fsp3) is 1.00. The molecule has 1 rings (SSSR count). The molecule has 0 spiro atoms. The highest BCUT2D eigenvalue weighted by Crippen LogP contribution is 2.57. The molecule has 1 saturated heterocycles. The van der Waals surface area contributed by atoms with Crippen molar-refractivity contribution in [3.63, 3.8) is 0 Å². The van der Waals surface area contributed by atoms with Crippen LogP contribution in [0.15, 0.2) is 0 Å². The summed E-state index contributed by atoms with van der Waals surface area (Å²) in [6, 6.07) is 0. The van der Waals surface area contributed by atoms with Crippen LogP contribution in [0.3, 0.4) is 0 Å². The second kappa shape index (κ2) is 3.35. The van der Waals surface area contributed by atoms with Crippen LogP contribution in [0.25, 0.3) is 0 Å². The average Bonchev–Trinajstić information content (AvgIpc) is 1.82. The van der Waals surface area contributed by atoms with Crippen LogP contribution in [0.4, 0.5) is 0 Å². The zero-order chi connectivity index (χ0) is 9.41. The van der Waals surface area contributed by atoms with E-state index in [1.807, 2.05) is 20.8 Å². The van der Waals surface area contributed by atoms with Gasteiger partial charge in [-0.05, 0) is 32.6 Å². The molecule has 0 unspecified atom stereocenters. The summed E-state index contributed by atoms with van der Waals surface area (Å²) in [7, 11) is 1.54. The zero-order valence-corrected chi connectivity index (χ0v) is 9.58. The Balaban J connectivity index is 2.77. The van der Waals surface area contributed by atoms with Crippen molar-refractivity contribution in [2.24, 2.45) is 0 Å². The SMILES string of the molecule is CO[P@@]1(=S)O[C@@H](C)CC(C)(C)O1. The van der Waals surface area contributed by atoms with Crippen LogP contribution < -0.4 is 0 Å². The normalized spacial score (nSPS) is 41.2. The molecule has 0 aromatic heterocycles. The maximum absolute atomic E-state index is 5.56. The largest absolute Gasteiger partial charge is 0.327 e. The van der Waals surface area contributed by atoms with Crippen LogP contribution in [-0.4, -0.2) is 18.8 Å². The van der Waals surface area contributed by atoms with E-state index in [4.69, 9.17) is 25.4 Å². The van der Waals surface area contributed by atoms with Crippen LogP contribution in [0.1, 0.15) is 27.2 Å². The Hall–Kier alpha value is 0.530. The minimum absolute atomic E-state index is 0.125. The Kier molecular flexibility index (Phi) is 2.96. The summed E-state index contributed by atoms with van der Waals surface area (Å²) in [6.45, 7) is 3.56. The molecular weight excluding hydrogens is 195 g/mol. The molecule has 0 radical (unpaired) electrons. The number of rotatable bonds is 1. The van der Waals surface area contributed by atoms with Crippen LogP contribution in [0, 0.1) is 0 Å². The third-order valence-electron chi connectivity index (χ3n) is 1.67. The Morgan fingerprint density at radius 3 is 2.58 bits per heavy atom. The molecule has 0 aromatic rings. The molecule has 2 atom stereocenters. The molecule has 1 fully saturated rings. The Morgan fingerprint density at radius 1 is 1.58 bits per heavy atom. The van der Waals surface area contributed by atoms with Crippen LogP contribution >= 0.6 is 6.72 Å². The van der Waals surface area contributed by atoms with Gasteiger partial charge in [0.15, 0.2) is 0 Å². The van der Waals surface area contributed by atoms with Gasteiger partial charge in [-0.2, -0.15) is 0 Å². The van der Waals surface area contributed by atoms with Crippen molar-refractivity contribution in [2.45, 2.75) is 38.9 Å². The molecule has 1 aliphatic heterocycles. The predicted octanol–water partition coefficient (Wildman–Crippen LogP) is 2.46. The fourth-order valence-electron chi connectivity index (χ4n) is 1.39. The second-order valence-electron chi connectivity index (χ2n) is 3.60. The Bertz CT molecular complexity index is 217. The van der Waals surface area contributed by atoms with E-state index in [9.17, 15) is 0 Å².